The van der Waals surface area contributed by atoms with Crippen molar-refractivity contribution in [3.05, 3.63) is 0 Å². The van der Waals surface area contributed by atoms with Gasteiger partial charge in [0.1, 0.15) is 0 Å². The molecule has 2 aliphatic rings. The van der Waals surface area contributed by atoms with Gasteiger partial charge in [-0.25, -0.2) is 0 Å². The zero-order valence-corrected chi connectivity index (χ0v) is 11.9. The minimum absolute atomic E-state index is 0.342. The van der Waals surface area contributed by atoms with Crippen molar-refractivity contribution in [2.45, 2.75) is 26.2 Å². The second-order valence-corrected chi connectivity index (χ2v) is 5.81. The molecule has 2 aliphatic heterocycles. The zero-order valence-electron chi connectivity index (χ0n) is 11.9. The minimum Gasteiger partial charge on any atom is -0.342 e. The molecule has 2 rings (SSSR count). The van der Waals surface area contributed by atoms with Gasteiger partial charge in [0.05, 0.1) is 6.54 Å². The van der Waals surface area contributed by atoms with Crippen molar-refractivity contribution in [2.24, 2.45) is 5.92 Å². The second kappa shape index (κ2) is 6.53. The van der Waals surface area contributed by atoms with E-state index in [0.29, 0.717) is 12.5 Å². The lowest BCUT2D eigenvalue weighted by atomic mass is 9.94. The second-order valence-electron chi connectivity index (χ2n) is 5.81. The molecule has 0 saturated carbocycles. The van der Waals surface area contributed by atoms with Crippen LogP contribution in [0.2, 0.25) is 0 Å². The molecule has 0 aromatic heterocycles. The summed E-state index contributed by atoms with van der Waals surface area (Å²) in [6.45, 7) is 9.09. The first kappa shape index (κ1) is 13.8. The van der Waals surface area contributed by atoms with Gasteiger partial charge in [-0.2, -0.15) is 0 Å². The van der Waals surface area contributed by atoms with Crippen molar-refractivity contribution in [3.63, 3.8) is 0 Å². The van der Waals surface area contributed by atoms with Gasteiger partial charge in [0.2, 0.25) is 5.91 Å². The van der Waals surface area contributed by atoms with E-state index in [-0.39, 0.29) is 0 Å². The summed E-state index contributed by atoms with van der Waals surface area (Å²) >= 11 is 0. The van der Waals surface area contributed by atoms with Gasteiger partial charge >= 0.3 is 0 Å². The van der Waals surface area contributed by atoms with E-state index in [1.807, 2.05) is 0 Å². The van der Waals surface area contributed by atoms with Crippen molar-refractivity contribution in [3.8, 4) is 0 Å². The largest absolute Gasteiger partial charge is 0.342 e. The van der Waals surface area contributed by atoms with Crippen molar-refractivity contribution >= 4 is 5.91 Å². The molecule has 0 aromatic carbocycles. The summed E-state index contributed by atoms with van der Waals surface area (Å²) in [4.78, 5) is 18.9. The molecule has 0 aromatic rings. The molecule has 0 N–H and O–H groups in total. The number of likely N-dealkylation sites (tertiary alicyclic amines) is 1. The molecule has 0 bridgehead atoms. The Balaban J connectivity index is 1.72. The average molecular weight is 253 g/mol. The maximum Gasteiger partial charge on any atom is 0.236 e. The normalized spacial score (nSPS) is 24.4. The number of hydrogen-bond donors (Lipinski definition) is 0. The Hall–Kier alpha value is -0.610. The molecule has 1 amide bonds. The van der Waals surface area contributed by atoms with Crippen molar-refractivity contribution in [2.75, 3.05) is 52.9 Å². The highest BCUT2D eigenvalue weighted by Gasteiger charge is 2.24. The number of rotatable bonds is 3. The van der Waals surface area contributed by atoms with Gasteiger partial charge < -0.3 is 9.80 Å². The van der Waals surface area contributed by atoms with Gasteiger partial charge in [-0.15, -0.1) is 0 Å². The summed E-state index contributed by atoms with van der Waals surface area (Å²) < 4.78 is 0. The number of carbonyl (C=O) groups excluding carboxylic acids is 1. The van der Waals surface area contributed by atoms with Gasteiger partial charge in [-0.05, 0) is 25.8 Å². The van der Waals surface area contributed by atoms with Gasteiger partial charge in [-0.1, -0.05) is 13.3 Å². The highest BCUT2D eigenvalue weighted by Crippen LogP contribution is 2.20. The summed E-state index contributed by atoms with van der Waals surface area (Å²) in [5.74, 6) is 1.19. The maximum atomic E-state index is 12.2. The van der Waals surface area contributed by atoms with E-state index in [0.717, 1.165) is 45.2 Å². The third kappa shape index (κ3) is 3.69. The van der Waals surface area contributed by atoms with Gasteiger partial charge in [0, 0.05) is 39.3 Å². The average Bonchev–Trinajstić information content (AvgIpc) is 2.41. The van der Waals surface area contributed by atoms with Gasteiger partial charge in [0.15, 0.2) is 0 Å². The van der Waals surface area contributed by atoms with Crippen LogP contribution in [-0.4, -0.2) is 73.5 Å². The van der Waals surface area contributed by atoms with Gasteiger partial charge in [0.25, 0.3) is 0 Å². The first-order valence-electron chi connectivity index (χ1n) is 7.37. The first-order chi connectivity index (χ1) is 8.69. The van der Waals surface area contributed by atoms with Crippen LogP contribution in [0.5, 0.6) is 0 Å². The molecular formula is C14H27N3O. The lowest BCUT2D eigenvalue weighted by Gasteiger charge is -2.35. The number of amides is 1. The molecule has 18 heavy (non-hydrogen) atoms. The highest BCUT2D eigenvalue weighted by atomic mass is 16.2. The molecule has 0 atom stereocenters. The Morgan fingerprint density at radius 2 is 1.67 bits per heavy atom. The Morgan fingerprint density at radius 3 is 2.22 bits per heavy atom. The maximum absolute atomic E-state index is 12.2. The zero-order chi connectivity index (χ0) is 13.0. The molecule has 4 nitrogen and oxygen atoms in total. The van der Waals surface area contributed by atoms with Crippen molar-refractivity contribution in [1.29, 1.82) is 0 Å². The van der Waals surface area contributed by atoms with Crippen LogP contribution >= 0.6 is 0 Å². The molecule has 0 spiro atoms. The van der Waals surface area contributed by atoms with Crippen LogP contribution in [0.3, 0.4) is 0 Å². The van der Waals surface area contributed by atoms with Crippen LogP contribution in [0.4, 0.5) is 0 Å². The Morgan fingerprint density at radius 1 is 1.06 bits per heavy atom. The third-order valence-electron chi connectivity index (χ3n) is 4.50. The molecule has 104 valence electrons. The summed E-state index contributed by atoms with van der Waals surface area (Å²) in [6, 6.07) is 0. The fraction of sp³-hybridized carbons (Fsp3) is 0.929. The Labute approximate surface area is 111 Å². The SMILES string of the molecule is CCC1CCN(C(=O)CN2CCN(C)CC2)CC1. The lowest BCUT2D eigenvalue weighted by Crippen LogP contribution is -2.50. The molecule has 4 heteroatoms. The number of hydrogen-bond acceptors (Lipinski definition) is 3. The first-order valence-corrected chi connectivity index (χ1v) is 7.37. The number of carbonyl (C=O) groups is 1. The molecule has 0 radical (unpaired) electrons. The predicted molar refractivity (Wildman–Crippen MR) is 73.5 cm³/mol. The van der Waals surface area contributed by atoms with E-state index in [1.165, 1.54) is 19.3 Å². The van der Waals surface area contributed by atoms with Crippen molar-refractivity contribution < 1.29 is 4.79 Å². The topological polar surface area (TPSA) is 26.8 Å². The molecule has 2 fully saturated rings. The summed E-state index contributed by atoms with van der Waals surface area (Å²) in [7, 11) is 2.15. The Kier molecular flexibility index (Phi) is 5.01. The van der Waals surface area contributed by atoms with E-state index >= 15 is 0 Å². The highest BCUT2D eigenvalue weighted by molar-refractivity contribution is 5.78. The molecule has 2 heterocycles. The quantitative estimate of drug-likeness (QED) is 0.747. The number of piperidine rings is 1. The summed E-state index contributed by atoms with van der Waals surface area (Å²) in [5.41, 5.74) is 0. The monoisotopic (exact) mass is 253 g/mol. The summed E-state index contributed by atoms with van der Waals surface area (Å²) in [5, 5.41) is 0. The van der Waals surface area contributed by atoms with E-state index < -0.39 is 0 Å². The predicted octanol–water partition coefficient (Wildman–Crippen LogP) is 0.882. The molecule has 0 aliphatic carbocycles. The van der Waals surface area contributed by atoms with Crippen LogP contribution < -0.4 is 0 Å². The van der Waals surface area contributed by atoms with E-state index in [9.17, 15) is 4.79 Å². The molecule has 2 saturated heterocycles. The fourth-order valence-electron chi connectivity index (χ4n) is 2.89. The number of likely N-dealkylation sites (N-methyl/N-ethyl adjacent to an activating group) is 1. The fourth-order valence-corrected chi connectivity index (χ4v) is 2.89. The lowest BCUT2D eigenvalue weighted by molar-refractivity contribution is -0.134. The minimum atomic E-state index is 0.342. The summed E-state index contributed by atoms with van der Waals surface area (Å²) in [6.07, 6.45) is 3.66. The standard InChI is InChI=1S/C14H27N3O/c1-3-13-4-6-17(7-5-13)14(18)12-16-10-8-15(2)9-11-16/h13H,3-12H2,1-2H3. The van der Waals surface area contributed by atoms with E-state index in [2.05, 4.69) is 28.7 Å². The molecule has 0 unspecified atom stereocenters. The van der Waals surface area contributed by atoms with Crippen molar-refractivity contribution in [1.82, 2.24) is 14.7 Å². The molecular weight excluding hydrogens is 226 g/mol. The van der Waals surface area contributed by atoms with Crippen LogP contribution in [0.1, 0.15) is 26.2 Å². The van der Waals surface area contributed by atoms with Crippen LogP contribution in [0.25, 0.3) is 0 Å². The number of piperazine rings is 1. The van der Waals surface area contributed by atoms with E-state index in [1.54, 1.807) is 0 Å². The number of nitrogens with zero attached hydrogens (tertiary/aromatic N) is 3. The van der Waals surface area contributed by atoms with Crippen LogP contribution in [-0.2, 0) is 4.79 Å². The van der Waals surface area contributed by atoms with Crippen LogP contribution in [0.15, 0.2) is 0 Å². The third-order valence-corrected chi connectivity index (χ3v) is 4.50. The van der Waals surface area contributed by atoms with E-state index in [4.69, 9.17) is 0 Å². The van der Waals surface area contributed by atoms with Crippen LogP contribution in [0, 0.1) is 5.92 Å². The Bertz CT molecular complexity index is 266. The van der Waals surface area contributed by atoms with Gasteiger partial charge in [-0.3, -0.25) is 9.69 Å². The smallest absolute Gasteiger partial charge is 0.236 e.